The van der Waals surface area contributed by atoms with E-state index < -0.39 is 0 Å². The third-order valence-corrected chi connectivity index (χ3v) is 3.19. The molecule has 0 aromatic carbocycles. The van der Waals surface area contributed by atoms with Gasteiger partial charge in [0.05, 0.1) is 17.8 Å². The van der Waals surface area contributed by atoms with Crippen molar-refractivity contribution < 1.29 is 4.42 Å². The molecule has 0 atom stereocenters. The Bertz CT molecular complexity index is 499. The molecule has 2 N–H and O–H groups in total. The molecule has 0 aliphatic rings. The minimum Gasteiger partial charge on any atom is -0.467 e. The quantitative estimate of drug-likeness (QED) is 0.903. The Morgan fingerprint density at radius 1 is 1.44 bits per heavy atom. The van der Waals surface area contributed by atoms with Crippen LogP contribution in [0.3, 0.4) is 0 Å². The highest BCUT2D eigenvalue weighted by atomic mass is 35.5. The van der Waals surface area contributed by atoms with Crippen LogP contribution < -0.4 is 10.6 Å². The average Bonchev–Trinajstić information content (AvgIpc) is 2.89. The molecular weight excluding hydrogens is 250 g/mol. The molecule has 4 nitrogen and oxygen atoms in total. The van der Waals surface area contributed by atoms with Gasteiger partial charge in [0.1, 0.15) is 11.6 Å². The van der Waals surface area contributed by atoms with E-state index in [-0.39, 0.29) is 0 Å². The predicted octanol–water partition coefficient (Wildman–Crippen LogP) is 2.81. The molecule has 2 aromatic rings. The van der Waals surface area contributed by atoms with Gasteiger partial charge >= 0.3 is 0 Å². The number of nitrogens with zero attached hydrogens (tertiary/aromatic N) is 2. The maximum atomic E-state index is 6.31. The summed E-state index contributed by atoms with van der Waals surface area (Å²) in [5, 5.41) is 0.619. The van der Waals surface area contributed by atoms with Gasteiger partial charge in [0.25, 0.3) is 0 Å². The van der Waals surface area contributed by atoms with Crippen molar-refractivity contribution in [3.8, 4) is 0 Å². The number of aromatic nitrogens is 1. The number of hydrogen-bond acceptors (Lipinski definition) is 4. The van der Waals surface area contributed by atoms with Crippen LogP contribution in [0.5, 0.6) is 0 Å². The second-order valence-corrected chi connectivity index (χ2v) is 4.28. The lowest BCUT2D eigenvalue weighted by Gasteiger charge is -2.22. The topological polar surface area (TPSA) is 55.3 Å². The predicted molar refractivity (Wildman–Crippen MR) is 72.6 cm³/mol. The fraction of sp³-hybridized carbons (Fsp3) is 0.308. The Kier molecular flexibility index (Phi) is 4.23. The number of nitrogens with two attached hydrogens (primary N) is 1. The zero-order valence-electron chi connectivity index (χ0n) is 10.3. The van der Waals surface area contributed by atoms with E-state index >= 15 is 0 Å². The minimum atomic E-state index is 0.409. The molecule has 0 fully saturated rings. The first kappa shape index (κ1) is 12.9. The van der Waals surface area contributed by atoms with E-state index in [1.165, 1.54) is 0 Å². The zero-order chi connectivity index (χ0) is 13.0. The fourth-order valence-electron chi connectivity index (χ4n) is 1.78. The third-order valence-electron chi connectivity index (χ3n) is 2.78. The summed E-state index contributed by atoms with van der Waals surface area (Å²) in [6.45, 7) is 3.90. The van der Waals surface area contributed by atoms with Crippen molar-refractivity contribution in [2.24, 2.45) is 5.73 Å². The second kappa shape index (κ2) is 5.89. The molecule has 0 aliphatic heterocycles. The third kappa shape index (κ3) is 2.66. The van der Waals surface area contributed by atoms with Gasteiger partial charge in [-0.1, -0.05) is 11.6 Å². The van der Waals surface area contributed by atoms with Crippen molar-refractivity contribution in [3.05, 3.63) is 47.0 Å². The molecule has 2 heterocycles. The summed E-state index contributed by atoms with van der Waals surface area (Å²) in [6.07, 6.45) is 3.39. The van der Waals surface area contributed by atoms with Crippen molar-refractivity contribution in [1.82, 2.24) is 4.98 Å². The van der Waals surface area contributed by atoms with Crippen molar-refractivity contribution in [2.45, 2.75) is 20.0 Å². The maximum Gasteiger partial charge on any atom is 0.148 e. The smallest absolute Gasteiger partial charge is 0.148 e. The lowest BCUT2D eigenvalue weighted by atomic mass is 10.2. The average molecular weight is 266 g/mol. The zero-order valence-corrected chi connectivity index (χ0v) is 11.0. The molecule has 0 bridgehead atoms. The number of anilines is 1. The Morgan fingerprint density at radius 3 is 2.89 bits per heavy atom. The molecule has 2 rings (SSSR count). The van der Waals surface area contributed by atoms with Crippen LogP contribution in [-0.2, 0) is 13.1 Å². The van der Waals surface area contributed by atoms with Gasteiger partial charge in [0.2, 0.25) is 0 Å². The first-order chi connectivity index (χ1) is 8.76. The van der Waals surface area contributed by atoms with Crippen LogP contribution in [0.4, 0.5) is 5.82 Å². The van der Waals surface area contributed by atoms with Crippen molar-refractivity contribution in [2.75, 3.05) is 11.4 Å². The molecule has 0 unspecified atom stereocenters. The van der Waals surface area contributed by atoms with Crippen LogP contribution in [0.15, 0.2) is 35.1 Å². The van der Waals surface area contributed by atoms with E-state index in [4.69, 9.17) is 21.8 Å². The van der Waals surface area contributed by atoms with Gasteiger partial charge in [-0.05, 0) is 30.7 Å². The van der Waals surface area contributed by atoms with Crippen molar-refractivity contribution >= 4 is 17.4 Å². The number of furan rings is 1. The van der Waals surface area contributed by atoms with Crippen molar-refractivity contribution in [3.63, 3.8) is 0 Å². The molecule has 5 heteroatoms. The molecule has 0 spiro atoms. The Morgan fingerprint density at radius 2 is 2.28 bits per heavy atom. The highest BCUT2D eigenvalue weighted by Gasteiger charge is 2.14. The molecule has 96 valence electrons. The number of hydrogen-bond donors (Lipinski definition) is 1. The fourth-order valence-corrected chi connectivity index (χ4v) is 2.08. The number of rotatable bonds is 5. The summed E-state index contributed by atoms with van der Waals surface area (Å²) in [7, 11) is 0. The lowest BCUT2D eigenvalue weighted by molar-refractivity contribution is 0.503. The first-order valence-corrected chi connectivity index (χ1v) is 6.24. The van der Waals surface area contributed by atoms with Crippen LogP contribution in [0.1, 0.15) is 18.2 Å². The van der Waals surface area contributed by atoms with E-state index in [0.29, 0.717) is 18.1 Å². The highest BCUT2D eigenvalue weighted by molar-refractivity contribution is 6.33. The number of pyridine rings is 1. The van der Waals surface area contributed by atoms with Crippen LogP contribution in [0, 0.1) is 0 Å². The normalized spacial score (nSPS) is 10.6. The summed E-state index contributed by atoms with van der Waals surface area (Å²) in [5.41, 5.74) is 6.55. The molecule has 0 saturated heterocycles. The SMILES string of the molecule is CCN(Cc1ccco1)c1nccc(CN)c1Cl. The molecule has 0 radical (unpaired) electrons. The van der Waals surface area contributed by atoms with Crippen LogP contribution in [0.25, 0.3) is 0 Å². The van der Waals surface area contributed by atoms with Gasteiger partial charge in [-0.25, -0.2) is 4.98 Å². The van der Waals surface area contributed by atoms with Gasteiger partial charge in [0, 0.05) is 19.3 Å². The Balaban J connectivity index is 2.27. The highest BCUT2D eigenvalue weighted by Crippen LogP contribution is 2.27. The summed E-state index contributed by atoms with van der Waals surface area (Å²) < 4.78 is 5.35. The molecule has 0 amide bonds. The summed E-state index contributed by atoms with van der Waals surface area (Å²) >= 11 is 6.31. The van der Waals surface area contributed by atoms with Gasteiger partial charge in [-0.15, -0.1) is 0 Å². The minimum absolute atomic E-state index is 0.409. The molecule has 0 aliphatic carbocycles. The van der Waals surface area contributed by atoms with Crippen LogP contribution in [-0.4, -0.2) is 11.5 Å². The standard InChI is InChI=1S/C13H16ClN3O/c1-2-17(9-11-4-3-7-18-11)13-12(14)10(8-15)5-6-16-13/h3-7H,2,8-9,15H2,1H3. The lowest BCUT2D eigenvalue weighted by Crippen LogP contribution is -2.23. The number of halogens is 1. The van der Waals surface area contributed by atoms with Gasteiger partial charge in [0.15, 0.2) is 0 Å². The molecular formula is C13H16ClN3O. The molecule has 2 aromatic heterocycles. The van der Waals surface area contributed by atoms with E-state index in [9.17, 15) is 0 Å². The van der Waals surface area contributed by atoms with E-state index in [1.807, 2.05) is 18.2 Å². The largest absolute Gasteiger partial charge is 0.467 e. The maximum absolute atomic E-state index is 6.31. The van der Waals surface area contributed by atoms with E-state index in [2.05, 4.69) is 16.8 Å². The van der Waals surface area contributed by atoms with Gasteiger partial charge in [-0.3, -0.25) is 0 Å². The van der Waals surface area contributed by atoms with E-state index in [0.717, 1.165) is 23.7 Å². The van der Waals surface area contributed by atoms with Crippen molar-refractivity contribution in [1.29, 1.82) is 0 Å². The summed E-state index contributed by atoms with van der Waals surface area (Å²) in [4.78, 5) is 6.39. The molecule has 18 heavy (non-hydrogen) atoms. The summed E-state index contributed by atoms with van der Waals surface area (Å²) in [6, 6.07) is 5.64. The van der Waals surface area contributed by atoms with Gasteiger partial charge < -0.3 is 15.1 Å². The monoisotopic (exact) mass is 265 g/mol. The second-order valence-electron chi connectivity index (χ2n) is 3.91. The first-order valence-electron chi connectivity index (χ1n) is 5.87. The molecule has 0 saturated carbocycles. The van der Waals surface area contributed by atoms with Crippen LogP contribution in [0.2, 0.25) is 5.02 Å². The Labute approximate surface area is 111 Å². The Hall–Kier alpha value is -1.52. The van der Waals surface area contributed by atoms with E-state index in [1.54, 1.807) is 12.5 Å². The summed E-state index contributed by atoms with van der Waals surface area (Å²) in [5.74, 6) is 1.63. The van der Waals surface area contributed by atoms with Gasteiger partial charge in [-0.2, -0.15) is 0 Å². The van der Waals surface area contributed by atoms with Crippen LogP contribution >= 0.6 is 11.6 Å².